The average Bonchev–Trinajstić information content (AvgIpc) is 1.92. The minimum atomic E-state index is 1.12. The highest BCUT2D eigenvalue weighted by Crippen LogP contribution is 2.33. The summed E-state index contributed by atoms with van der Waals surface area (Å²) in [5.41, 5.74) is 0. The molecule has 0 spiro atoms. The van der Waals surface area contributed by atoms with Gasteiger partial charge in [0.1, 0.15) is 0 Å². The maximum atomic E-state index is 1.84. The van der Waals surface area contributed by atoms with Crippen molar-refractivity contribution in [2.45, 2.75) is 25.7 Å². The lowest BCUT2D eigenvalue weighted by atomic mass is 9.90. The summed E-state index contributed by atoms with van der Waals surface area (Å²) in [7, 11) is 1.69. The zero-order valence-electron chi connectivity index (χ0n) is 5.06. The van der Waals surface area contributed by atoms with E-state index in [2.05, 4.69) is 0 Å². The van der Waals surface area contributed by atoms with Crippen LogP contribution in [-0.4, -0.2) is 11.5 Å². The van der Waals surface area contributed by atoms with Crippen LogP contribution in [0.15, 0.2) is 0 Å². The van der Waals surface area contributed by atoms with Gasteiger partial charge in [0.2, 0.25) is 0 Å². The minimum Gasteiger partial charge on any atom is -0.105 e. The smallest absolute Gasteiger partial charge is 0.00781 e. The molecule has 8 heavy (non-hydrogen) atoms. The van der Waals surface area contributed by atoms with Crippen LogP contribution in [0, 0.1) is 5.92 Å². The molecule has 1 heteroatoms. The van der Waals surface area contributed by atoms with Gasteiger partial charge in [0.25, 0.3) is 0 Å². The molecule has 0 unspecified atom stereocenters. The molecule has 1 saturated carbocycles. The van der Waals surface area contributed by atoms with E-state index in [1.54, 1.807) is 8.20 Å². The fraction of sp³-hybridized carbons (Fsp3) is 0.857. The molecule has 0 aromatic rings. The van der Waals surface area contributed by atoms with Gasteiger partial charge in [-0.05, 0) is 43.1 Å². The van der Waals surface area contributed by atoms with Crippen molar-refractivity contribution in [1.29, 1.82) is 0 Å². The second-order valence-electron chi connectivity index (χ2n) is 2.85. The first-order valence-corrected chi connectivity index (χ1v) is 4.55. The molecule has 0 atom stereocenters. The monoisotopic (exact) mass is 126 g/mol. The zero-order valence-corrected chi connectivity index (χ0v) is 5.95. The Morgan fingerprint density at radius 1 is 1.25 bits per heavy atom. The fourth-order valence-corrected chi connectivity index (χ4v) is 3.07. The first kappa shape index (κ1) is 4.99. The van der Waals surface area contributed by atoms with Gasteiger partial charge in [-0.3, -0.25) is 0 Å². The van der Waals surface area contributed by atoms with Crippen molar-refractivity contribution in [1.82, 2.24) is 0 Å². The molecule has 0 amide bonds. The van der Waals surface area contributed by atoms with Gasteiger partial charge in [-0.25, -0.2) is 0 Å². The average molecular weight is 126 g/mol. The molecule has 3 aliphatic rings. The van der Waals surface area contributed by atoms with Crippen molar-refractivity contribution in [3.8, 4) is 0 Å². The first-order valence-electron chi connectivity index (χ1n) is 3.47. The van der Waals surface area contributed by atoms with Gasteiger partial charge < -0.3 is 0 Å². The second-order valence-corrected chi connectivity index (χ2v) is 4.16. The topological polar surface area (TPSA) is 0 Å². The van der Waals surface area contributed by atoms with Crippen molar-refractivity contribution in [2.75, 3.05) is 6.16 Å². The number of hydrogen-bond donors (Lipinski definition) is 0. The largest absolute Gasteiger partial charge is 0.105 e. The third-order valence-corrected chi connectivity index (χ3v) is 3.85. The van der Waals surface area contributed by atoms with Crippen LogP contribution in [0.4, 0.5) is 0 Å². The third-order valence-electron chi connectivity index (χ3n) is 2.26. The Morgan fingerprint density at radius 2 is 2.00 bits per heavy atom. The Hall–Kier alpha value is 0.170. The van der Waals surface area contributed by atoms with Gasteiger partial charge in [-0.1, -0.05) is 0 Å². The molecule has 2 heterocycles. The van der Waals surface area contributed by atoms with E-state index in [0.717, 1.165) is 5.92 Å². The van der Waals surface area contributed by atoms with E-state index in [9.17, 15) is 0 Å². The number of fused-ring (bicyclic) bond motifs is 3. The minimum absolute atomic E-state index is 1.12. The molecular weight excluding hydrogens is 115 g/mol. The lowest BCUT2D eigenvalue weighted by Gasteiger charge is -2.27. The summed E-state index contributed by atoms with van der Waals surface area (Å²) in [5.74, 6) is 1.12. The van der Waals surface area contributed by atoms with Crippen LogP contribution in [0.5, 0.6) is 0 Å². The summed E-state index contributed by atoms with van der Waals surface area (Å²) < 4.78 is 0. The Labute approximate surface area is 52.1 Å². The molecule has 1 aliphatic carbocycles. The van der Waals surface area contributed by atoms with E-state index in [-0.39, 0.29) is 0 Å². The van der Waals surface area contributed by atoms with Gasteiger partial charge >= 0.3 is 0 Å². The SMILES string of the molecule is C1CC2CCC1=PC2. The van der Waals surface area contributed by atoms with E-state index in [0.29, 0.717) is 0 Å². The predicted molar refractivity (Wildman–Crippen MR) is 38.8 cm³/mol. The van der Waals surface area contributed by atoms with Crippen LogP contribution in [0.3, 0.4) is 0 Å². The van der Waals surface area contributed by atoms with Gasteiger partial charge in [0.15, 0.2) is 0 Å². The Balaban J connectivity index is 2.22. The van der Waals surface area contributed by atoms with Crippen molar-refractivity contribution in [3.05, 3.63) is 0 Å². The van der Waals surface area contributed by atoms with Crippen LogP contribution < -0.4 is 0 Å². The molecule has 0 nitrogen and oxygen atoms in total. The molecule has 2 bridgehead atoms. The van der Waals surface area contributed by atoms with E-state index in [4.69, 9.17) is 0 Å². The summed E-state index contributed by atoms with van der Waals surface area (Å²) in [5, 5.41) is 1.84. The summed E-state index contributed by atoms with van der Waals surface area (Å²) in [6.45, 7) is 0. The van der Waals surface area contributed by atoms with Crippen molar-refractivity contribution >= 4 is 13.5 Å². The lowest BCUT2D eigenvalue weighted by Crippen LogP contribution is -2.19. The fourth-order valence-electron chi connectivity index (χ4n) is 1.61. The van der Waals surface area contributed by atoms with Crippen LogP contribution >= 0.6 is 8.20 Å². The lowest BCUT2D eigenvalue weighted by molar-refractivity contribution is 0.487. The van der Waals surface area contributed by atoms with Gasteiger partial charge in [0, 0.05) is 0 Å². The van der Waals surface area contributed by atoms with Gasteiger partial charge in [-0.15, -0.1) is 8.20 Å². The van der Waals surface area contributed by atoms with Crippen LogP contribution in [0.2, 0.25) is 0 Å². The zero-order chi connectivity index (χ0) is 5.40. The van der Waals surface area contributed by atoms with Crippen molar-refractivity contribution in [3.63, 3.8) is 0 Å². The maximum Gasteiger partial charge on any atom is -0.00781 e. The second kappa shape index (κ2) is 1.84. The van der Waals surface area contributed by atoms with Gasteiger partial charge in [-0.2, -0.15) is 0 Å². The highest BCUT2D eigenvalue weighted by atomic mass is 31.1. The molecule has 0 N–H and O–H groups in total. The predicted octanol–water partition coefficient (Wildman–Crippen LogP) is 2.31. The van der Waals surface area contributed by atoms with Crippen molar-refractivity contribution in [2.24, 2.45) is 5.92 Å². The summed E-state index contributed by atoms with van der Waals surface area (Å²) >= 11 is 0. The Bertz CT molecular complexity index is 116. The standard InChI is InChI=1S/C7H11P/c1-3-7-4-2-6(1)5-8-7/h6H,1-5H2. The molecule has 2 aliphatic heterocycles. The first-order chi connectivity index (χ1) is 3.95. The van der Waals surface area contributed by atoms with E-state index in [1.165, 1.54) is 31.8 Å². The molecule has 1 fully saturated rings. The number of rotatable bonds is 0. The normalized spacial score (nSPS) is 37.0. The highest BCUT2D eigenvalue weighted by Gasteiger charge is 2.20. The van der Waals surface area contributed by atoms with Crippen LogP contribution in [-0.2, 0) is 0 Å². The number of hydrogen-bond acceptors (Lipinski definition) is 0. The summed E-state index contributed by atoms with van der Waals surface area (Å²) in [6.07, 6.45) is 7.46. The molecule has 44 valence electrons. The molecule has 0 aromatic heterocycles. The summed E-state index contributed by atoms with van der Waals surface area (Å²) in [6, 6.07) is 0. The van der Waals surface area contributed by atoms with Crippen LogP contribution in [0.25, 0.3) is 0 Å². The molecule has 0 saturated heterocycles. The van der Waals surface area contributed by atoms with Crippen LogP contribution in [0.1, 0.15) is 25.7 Å². The summed E-state index contributed by atoms with van der Waals surface area (Å²) in [4.78, 5) is 0. The molecular formula is C7H11P. The van der Waals surface area contributed by atoms with Crippen molar-refractivity contribution < 1.29 is 0 Å². The Kier molecular flexibility index (Phi) is 1.15. The molecule has 0 aromatic carbocycles. The maximum absolute atomic E-state index is 1.84. The quantitative estimate of drug-likeness (QED) is 0.437. The third kappa shape index (κ3) is 0.717. The van der Waals surface area contributed by atoms with E-state index < -0.39 is 0 Å². The molecule has 3 rings (SSSR count). The Morgan fingerprint density at radius 3 is 2.12 bits per heavy atom. The molecule has 0 radical (unpaired) electrons. The van der Waals surface area contributed by atoms with E-state index >= 15 is 0 Å². The van der Waals surface area contributed by atoms with Gasteiger partial charge in [0.05, 0.1) is 0 Å². The van der Waals surface area contributed by atoms with E-state index in [1.807, 2.05) is 5.29 Å². The highest BCUT2D eigenvalue weighted by molar-refractivity contribution is 7.40.